The van der Waals surface area contributed by atoms with Crippen LogP contribution in [0.4, 0.5) is 0 Å². The summed E-state index contributed by atoms with van der Waals surface area (Å²) in [6, 6.07) is 0.380. The molecule has 0 saturated carbocycles. The molecule has 1 aliphatic heterocycles. The van der Waals surface area contributed by atoms with Gasteiger partial charge in [-0.15, -0.1) is 0 Å². The van der Waals surface area contributed by atoms with Gasteiger partial charge in [-0.1, -0.05) is 6.42 Å². The van der Waals surface area contributed by atoms with Crippen LogP contribution in [0, 0.1) is 0 Å². The van der Waals surface area contributed by atoms with Gasteiger partial charge in [-0.05, 0) is 25.8 Å². The lowest BCUT2D eigenvalue weighted by atomic mass is 10.00. The van der Waals surface area contributed by atoms with Gasteiger partial charge in [0.05, 0.1) is 5.75 Å². The fourth-order valence-corrected chi connectivity index (χ4v) is 2.68. The van der Waals surface area contributed by atoms with E-state index in [4.69, 9.17) is 5.11 Å². The van der Waals surface area contributed by atoms with Gasteiger partial charge in [-0.2, -0.15) is 0 Å². The van der Waals surface area contributed by atoms with E-state index in [0.29, 0.717) is 12.6 Å². The Morgan fingerprint density at radius 3 is 2.73 bits per heavy atom. The number of aliphatic hydroxyl groups excluding tert-OH is 1. The van der Waals surface area contributed by atoms with Crippen LogP contribution in [-0.2, 0) is 9.84 Å². The molecule has 0 bridgehead atoms. The number of rotatable bonds is 5. The molecule has 0 aromatic heterocycles. The molecule has 0 amide bonds. The molecule has 1 rings (SSSR count). The zero-order chi connectivity index (χ0) is 11.3. The molecule has 1 unspecified atom stereocenters. The molecule has 0 aromatic carbocycles. The van der Waals surface area contributed by atoms with Crippen molar-refractivity contribution < 1.29 is 13.5 Å². The van der Waals surface area contributed by atoms with Gasteiger partial charge in [0.25, 0.3) is 0 Å². The first-order valence-electron chi connectivity index (χ1n) is 5.55. The lowest BCUT2D eigenvalue weighted by Crippen LogP contribution is -2.42. The molecular formula is C10H21NO3S. The van der Waals surface area contributed by atoms with E-state index in [9.17, 15) is 8.42 Å². The number of likely N-dealkylation sites (tertiary alicyclic amines) is 1. The van der Waals surface area contributed by atoms with Gasteiger partial charge in [-0.3, -0.25) is 4.90 Å². The minimum absolute atomic E-state index is 0.194. The van der Waals surface area contributed by atoms with Crippen molar-refractivity contribution in [1.82, 2.24) is 4.90 Å². The van der Waals surface area contributed by atoms with E-state index in [-0.39, 0.29) is 12.4 Å². The maximum absolute atomic E-state index is 11.1. The molecule has 1 N–H and O–H groups in total. The fraction of sp³-hybridized carbons (Fsp3) is 1.00. The van der Waals surface area contributed by atoms with Crippen LogP contribution in [0.2, 0.25) is 0 Å². The third-order valence-corrected chi connectivity index (χ3v) is 3.88. The van der Waals surface area contributed by atoms with E-state index >= 15 is 0 Å². The Balaban J connectivity index is 2.42. The van der Waals surface area contributed by atoms with Gasteiger partial charge in [-0.25, -0.2) is 8.42 Å². The lowest BCUT2D eigenvalue weighted by Gasteiger charge is -2.35. The quantitative estimate of drug-likeness (QED) is 0.743. The smallest absolute Gasteiger partial charge is 0.148 e. The maximum atomic E-state index is 11.1. The first-order chi connectivity index (χ1) is 7.03. The van der Waals surface area contributed by atoms with Crippen LogP contribution in [0.25, 0.3) is 0 Å². The molecule has 0 aromatic rings. The van der Waals surface area contributed by atoms with Crippen LogP contribution in [0.5, 0.6) is 0 Å². The predicted octanol–water partition coefficient (Wildman–Crippen LogP) is 0.268. The first-order valence-corrected chi connectivity index (χ1v) is 7.61. The molecular weight excluding hydrogens is 214 g/mol. The summed E-state index contributed by atoms with van der Waals surface area (Å²) in [4.78, 5) is 2.21. The monoisotopic (exact) mass is 235 g/mol. The summed E-state index contributed by atoms with van der Waals surface area (Å²) < 4.78 is 22.1. The van der Waals surface area contributed by atoms with Crippen LogP contribution in [0.15, 0.2) is 0 Å². The van der Waals surface area contributed by atoms with Gasteiger partial charge in [0.1, 0.15) is 9.84 Å². The molecule has 1 aliphatic rings. The van der Waals surface area contributed by atoms with Crippen molar-refractivity contribution in [3.8, 4) is 0 Å². The molecule has 5 heteroatoms. The van der Waals surface area contributed by atoms with Crippen LogP contribution < -0.4 is 0 Å². The Labute approximate surface area is 92.2 Å². The second-order valence-electron chi connectivity index (χ2n) is 4.33. The third-order valence-electron chi connectivity index (χ3n) is 2.96. The summed E-state index contributed by atoms with van der Waals surface area (Å²) >= 11 is 0. The third kappa shape index (κ3) is 4.95. The number of piperidine rings is 1. The summed E-state index contributed by atoms with van der Waals surface area (Å²) in [6.45, 7) is 1.78. The highest BCUT2D eigenvalue weighted by Crippen LogP contribution is 2.19. The average molecular weight is 235 g/mol. The van der Waals surface area contributed by atoms with Gasteiger partial charge < -0.3 is 5.11 Å². The molecule has 4 nitrogen and oxygen atoms in total. The second-order valence-corrected chi connectivity index (χ2v) is 6.59. The summed E-state index contributed by atoms with van der Waals surface area (Å²) in [5.74, 6) is 0.231. The zero-order valence-corrected chi connectivity index (χ0v) is 10.2. The van der Waals surface area contributed by atoms with Crippen LogP contribution in [0.1, 0.15) is 25.7 Å². The molecule has 1 atom stereocenters. The number of aliphatic hydroxyl groups is 1. The SMILES string of the molecule is CS(=O)(=O)CCN1CCCCC1CCO. The Morgan fingerprint density at radius 1 is 1.40 bits per heavy atom. The number of nitrogens with zero attached hydrogens (tertiary/aromatic N) is 1. The number of sulfone groups is 1. The highest BCUT2D eigenvalue weighted by molar-refractivity contribution is 7.90. The molecule has 0 spiro atoms. The van der Waals surface area contributed by atoms with Crippen molar-refractivity contribution in [3.05, 3.63) is 0 Å². The summed E-state index contributed by atoms with van der Waals surface area (Å²) in [6.07, 6.45) is 5.47. The van der Waals surface area contributed by atoms with Gasteiger partial charge in [0.15, 0.2) is 0 Å². The molecule has 15 heavy (non-hydrogen) atoms. The van der Waals surface area contributed by atoms with Crippen molar-refractivity contribution in [3.63, 3.8) is 0 Å². The van der Waals surface area contributed by atoms with Gasteiger partial charge in [0.2, 0.25) is 0 Å². The van der Waals surface area contributed by atoms with E-state index in [2.05, 4.69) is 4.90 Å². The molecule has 1 fully saturated rings. The van der Waals surface area contributed by atoms with Crippen LogP contribution >= 0.6 is 0 Å². The topological polar surface area (TPSA) is 57.6 Å². The fourth-order valence-electron chi connectivity index (χ4n) is 2.11. The molecule has 0 radical (unpaired) electrons. The summed E-state index contributed by atoms with van der Waals surface area (Å²) in [5, 5.41) is 8.92. The Morgan fingerprint density at radius 2 is 2.13 bits per heavy atom. The minimum atomic E-state index is -2.87. The van der Waals surface area contributed by atoms with E-state index < -0.39 is 9.84 Å². The van der Waals surface area contributed by atoms with E-state index in [1.54, 1.807) is 0 Å². The lowest BCUT2D eigenvalue weighted by molar-refractivity contribution is 0.126. The maximum Gasteiger partial charge on any atom is 0.148 e. The van der Waals surface area contributed by atoms with Crippen molar-refractivity contribution in [2.24, 2.45) is 0 Å². The largest absolute Gasteiger partial charge is 0.396 e. The molecule has 90 valence electrons. The van der Waals surface area contributed by atoms with Crippen LogP contribution in [-0.4, -0.2) is 56.2 Å². The van der Waals surface area contributed by atoms with E-state index in [1.807, 2.05) is 0 Å². The van der Waals surface area contributed by atoms with E-state index in [0.717, 1.165) is 25.8 Å². The highest BCUT2D eigenvalue weighted by atomic mass is 32.2. The highest BCUT2D eigenvalue weighted by Gasteiger charge is 2.22. The normalized spacial score (nSPS) is 24.3. The number of hydrogen-bond donors (Lipinski definition) is 1. The minimum Gasteiger partial charge on any atom is -0.396 e. The second kappa shape index (κ2) is 5.82. The standard InChI is InChI=1S/C10H21NO3S/c1-15(13,14)9-7-11-6-3-2-4-10(11)5-8-12/h10,12H,2-9H2,1H3. The van der Waals surface area contributed by atoms with Gasteiger partial charge >= 0.3 is 0 Å². The van der Waals surface area contributed by atoms with Crippen molar-refractivity contribution in [1.29, 1.82) is 0 Å². The zero-order valence-electron chi connectivity index (χ0n) is 9.35. The Kier molecular flexibility index (Phi) is 5.02. The van der Waals surface area contributed by atoms with Crippen molar-refractivity contribution >= 4 is 9.84 Å². The molecule has 1 saturated heterocycles. The molecule has 1 heterocycles. The Bertz CT molecular complexity index is 274. The summed E-state index contributed by atoms with van der Waals surface area (Å²) in [5.41, 5.74) is 0. The Hall–Kier alpha value is -0.130. The van der Waals surface area contributed by atoms with Crippen LogP contribution in [0.3, 0.4) is 0 Å². The van der Waals surface area contributed by atoms with Crippen molar-refractivity contribution in [2.45, 2.75) is 31.7 Å². The predicted molar refractivity (Wildman–Crippen MR) is 60.6 cm³/mol. The average Bonchev–Trinajstić information content (AvgIpc) is 2.16. The van der Waals surface area contributed by atoms with Crippen molar-refractivity contribution in [2.75, 3.05) is 31.7 Å². The molecule has 0 aliphatic carbocycles. The first kappa shape index (κ1) is 12.9. The summed E-state index contributed by atoms with van der Waals surface area (Å²) in [7, 11) is -2.87. The van der Waals surface area contributed by atoms with Gasteiger partial charge in [0, 0.05) is 25.4 Å². The number of hydrogen-bond acceptors (Lipinski definition) is 4. The van der Waals surface area contributed by atoms with E-state index in [1.165, 1.54) is 12.7 Å².